The first-order chi connectivity index (χ1) is 12.2. The van der Waals surface area contributed by atoms with Crippen LogP contribution >= 0.6 is 0 Å². The lowest BCUT2D eigenvalue weighted by atomic mass is 10.1. The van der Waals surface area contributed by atoms with E-state index in [0.717, 1.165) is 23.3 Å². The molecule has 2 aromatic carbocycles. The Morgan fingerprint density at radius 3 is 2.68 bits per heavy atom. The van der Waals surface area contributed by atoms with E-state index in [4.69, 9.17) is 4.74 Å². The smallest absolute Gasteiger partial charge is 0.220 e. The summed E-state index contributed by atoms with van der Waals surface area (Å²) < 4.78 is 5.45. The van der Waals surface area contributed by atoms with E-state index in [0.29, 0.717) is 13.0 Å². The molecule has 1 unspecified atom stereocenters. The molecular formula is C21H24N2O2. The van der Waals surface area contributed by atoms with Crippen molar-refractivity contribution in [2.75, 3.05) is 6.61 Å². The van der Waals surface area contributed by atoms with Crippen molar-refractivity contribution in [1.29, 1.82) is 0 Å². The lowest BCUT2D eigenvalue weighted by Gasteiger charge is -2.15. The average molecular weight is 336 g/mol. The Bertz CT molecular complexity index is 836. The number of benzene rings is 2. The average Bonchev–Trinajstić information content (AvgIpc) is 3.04. The Morgan fingerprint density at radius 1 is 1.16 bits per heavy atom. The van der Waals surface area contributed by atoms with Gasteiger partial charge in [-0.25, -0.2) is 0 Å². The number of amides is 1. The van der Waals surface area contributed by atoms with Crippen LogP contribution < -0.4 is 10.1 Å². The van der Waals surface area contributed by atoms with E-state index < -0.39 is 0 Å². The molecule has 1 aromatic heterocycles. The lowest BCUT2D eigenvalue weighted by molar-refractivity contribution is -0.121. The van der Waals surface area contributed by atoms with Gasteiger partial charge >= 0.3 is 0 Å². The normalized spacial score (nSPS) is 12.1. The Hall–Kier alpha value is -2.75. The van der Waals surface area contributed by atoms with Crippen molar-refractivity contribution in [3.05, 3.63) is 65.9 Å². The van der Waals surface area contributed by atoms with E-state index in [-0.39, 0.29) is 11.9 Å². The Kier molecular flexibility index (Phi) is 5.39. The number of rotatable bonds is 7. The molecule has 0 bridgehead atoms. The maximum absolute atomic E-state index is 12.3. The highest BCUT2D eigenvalue weighted by Gasteiger charge is 2.11. The molecule has 0 saturated carbocycles. The standard InChI is InChI=1S/C21H24N2O2/c1-3-25-18-11-8-16(9-12-18)15(2)23-21(24)13-10-17-14-22-20-7-5-4-6-19(17)20/h4-9,11-12,14-15,22H,3,10,13H2,1-2H3,(H,23,24). The molecule has 0 aliphatic rings. The molecular weight excluding hydrogens is 312 g/mol. The second-order valence-corrected chi connectivity index (χ2v) is 6.15. The van der Waals surface area contributed by atoms with E-state index in [1.54, 1.807) is 0 Å². The van der Waals surface area contributed by atoms with Gasteiger partial charge in [0.2, 0.25) is 5.91 Å². The highest BCUT2D eigenvalue weighted by atomic mass is 16.5. The van der Waals surface area contributed by atoms with Crippen molar-refractivity contribution in [2.45, 2.75) is 32.7 Å². The van der Waals surface area contributed by atoms with E-state index in [1.807, 2.05) is 62.5 Å². The van der Waals surface area contributed by atoms with Crippen molar-refractivity contribution in [3.8, 4) is 5.75 Å². The molecule has 0 aliphatic carbocycles. The number of carbonyl (C=O) groups is 1. The zero-order chi connectivity index (χ0) is 17.6. The molecule has 3 rings (SSSR count). The molecule has 0 aliphatic heterocycles. The predicted molar refractivity (Wildman–Crippen MR) is 101 cm³/mol. The van der Waals surface area contributed by atoms with Gasteiger partial charge in [-0.1, -0.05) is 30.3 Å². The second kappa shape index (κ2) is 7.88. The first-order valence-corrected chi connectivity index (χ1v) is 8.74. The van der Waals surface area contributed by atoms with Crippen molar-refractivity contribution in [2.24, 2.45) is 0 Å². The number of fused-ring (bicyclic) bond motifs is 1. The Labute approximate surface area is 148 Å². The molecule has 0 radical (unpaired) electrons. The van der Waals surface area contributed by atoms with Gasteiger partial charge in [0, 0.05) is 23.5 Å². The first-order valence-electron chi connectivity index (χ1n) is 8.74. The van der Waals surface area contributed by atoms with Crippen molar-refractivity contribution < 1.29 is 9.53 Å². The van der Waals surface area contributed by atoms with Crippen LogP contribution in [0, 0.1) is 0 Å². The fourth-order valence-corrected chi connectivity index (χ4v) is 3.00. The van der Waals surface area contributed by atoms with E-state index >= 15 is 0 Å². The molecule has 1 amide bonds. The van der Waals surface area contributed by atoms with Gasteiger partial charge in [0.15, 0.2) is 0 Å². The van der Waals surface area contributed by atoms with Gasteiger partial charge in [0.25, 0.3) is 0 Å². The summed E-state index contributed by atoms with van der Waals surface area (Å²) in [4.78, 5) is 15.5. The van der Waals surface area contributed by atoms with Crippen molar-refractivity contribution >= 4 is 16.8 Å². The van der Waals surface area contributed by atoms with Crippen LogP contribution in [0.1, 0.15) is 37.4 Å². The molecule has 0 saturated heterocycles. The first kappa shape index (κ1) is 17.1. The van der Waals surface area contributed by atoms with Crippen molar-refractivity contribution in [1.82, 2.24) is 10.3 Å². The molecule has 4 heteroatoms. The van der Waals surface area contributed by atoms with Gasteiger partial charge in [-0.15, -0.1) is 0 Å². The number of para-hydroxylation sites is 1. The highest BCUT2D eigenvalue weighted by Crippen LogP contribution is 2.20. The Morgan fingerprint density at radius 2 is 1.92 bits per heavy atom. The van der Waals surface area contributed by atoms with Gasteiger partial charge < -0.3 is 15.0 Å². The number of H-pyrrole nitrogens is 1. The summed E-state index contributed by atoms with van der Waals surface area (Å²) in [5, 5.41) is 4.26. The minimum Gasteiger partial charge on any atom is -0.494 e. The number of aromatic nitrogens is 1. The van der Waals surface area contributed by atoms with Gasteiger partial charge in [0.1, 0.15) is 5.75 Å². The topological polar surface area (TPSA) is 54.1 Å². The minimum atomic E-state index is -0.0221. The number of nitrogens with one attached hydrogen (secondary N) is 2. The molecule has 1 atom stereocenters. The second-order valence-electron chi connectivity index (χ2n) is 6.15. The third-order valence-corrected chi connectivity index (χ3v) is 4.36. The summed E-state index contributed by atoms with van der Waals surface area (Å²) in [6, 6.07) is 16.0. The van der Waals surface area contributed by atoms with Gasteiger partial charge in [0.05, 0.1) is 12.6 Å². The van der Waals surface area contributed by atoms with Crippen LogP contribution in [0.4, 0.5) is 0 Å². The van der Waals surface area contributed by atoms with Gasteiger partial charge in [-0.2, -0.15) is 0 Å². The number of ether oxygens (including phenoxy) is 1. The van der Waals surface area contributed by atoms with Crippen LogP contribution in [0.3, 0.4) is 0 Å². The van der Waals surface area contributed by atoms with E-state index in [2.05, 4.69) is 16.4 Å². The maximum atomic E-state index is 12.3. The quantitative estimate of drug-likeness (QED) is 0.673. The number of hydrogen-bond acceptors (Lipinski definition) is 2. The fourth-order valence-electron chi connectivity index (χ4n) is 3.00. The number of carbonyl (C=O) groups excluding carboxylic acids is 1. The van der Waals surface area contributed by atoms with Crippen LogP contribution in [0.5, 0.6) is 5.75 Å². The van der Waals surface area contributed by atoms with Crippen LogP contribution in [0.25, 0.3) is 10.9 Å². The third-order valence-electron chi connectivity index (χ3n) is 4.36. The summed E-state index contributed by atoms with van der Waals surface area (Å²) in [6.45, 7) is 4.61. The molecule has 0 spiro atoms. The maximum Gasteiger partial charge on any atom is 0.220 e. The minimum absolute atomic E-state index is 0.0221. The zero-order valence-electron chi connectivity index (χ0n) is 14.7. The molecule has 1 heterocycles. The summed E-state index contributed by atoms with van der Waals surface area (Å²) in [5.41, 5.74) is 3.36. The van der Waals surface area contributed by atoms with Crippen LogP contribution in [0.2, 0.25) is 0 Å². The largest absolute Gasteiger partial charge is 0.494 e. The number of aromatic amines is 1. The number of hydrogen-bond donors (Lipinski definition) is 2. The summed E-state index contributed by atoms with van der Waals surface area (Å²) >= 11 is 0. The van der Waals surface area contributed by atoms with E-state index in [9.17, 15) is 4.79 Å². The number of aryl methyl sites for hydroxylation is 1. The van der Waals surface area contributed by atoms with Crippen LogP contribution in [-0.4, -0.2) is 17.5 Å². The van der Waals surface area contributed by atoms with Crippen LogP contribution in [0.15, 0.2) is 54.7 Å². The van der Waals surface area contributed by atoms with Gasteiger partial charge in [-0.3, -0.25) is 4.79 Å². The third kappa shape index (κ3) is 4.21. The molecule has 0 fully saturated rings. The summed E-state index contributed by atoms with van der Waals surface area (Å²) in [5.74, 6) is 0.913. The predicted octanol–water partition coefficient (Wildman–Crippen LogP) is 4.38. The molecule has 2 N–H and O–H groups in total. The molecule has 130 valence electrons. The summed E-state index contributed by atoms with van der Waals surface area (Å²) in [7, 11) is 0. The fraction of sp³-hybridized carbons (Fsp3) is 0.286. The highest BCUT2D eigenvalue weighted by molar-refractivity contribution is 5.84. The zero-order valence-corrected chi connectivity index (χ0v) is 14.7. The molecule has 3 aromatic rings. The molecule has 4 nitrogen and oxygen atoms in total. The monoisotopic (exact) mass is 336 g/mol. The lowest BCUT2D eigenvalue weighted by Crippen LogP contribution is -2.26. The van der Waals surface area contributed by atoms with Crippen molar-refractivity contribution in [3.63, 3.8) is 0 Å². The van der Waals surface area contributed by atoms with E-state index in [1.165, 1.54) is 10.9 Å². The summed E-state index contributed by atoms with van der Waals surface area (Å²) in [6.07, 6.45) is 3.20. The van der Waals surface area contributed by atoms with Crippen LogP contribution in [-0.2, 0) is 11.2 Å². The SMILES string of the molecule is CCOc1ccc(C(C)NC(=O)CCc2c[nH]c3ccccc23)cc1. The van der Waals surface area contributed by atoms with Gasteiger partial charge in [-0.05, 0) is 49.6 Å². The Balaban J connectivity index is 1.55. The molecule has 25 heavy (non-hydrogen) atoms.